The minimum Gasteiger partial charge on any atom is -0.544 e. The van der Waals surface area contributed by atoms with Crippen molar-refractivity contribution in [1.82, 2.24) is 0 Å². The Morgan fingerprint density at radius 1 is 0.947 bits per heavy atom. The van der Waals surface area contributed by atoms with Crippen LogP contribution in [0.5, 0.6) is 5.75 Å². The van der Waals surface area contributed by atoms with Gasteiger partial charge in [-0.15, -0.1) is 0 Å². The summed E-state index contributed by atoms with van der Waals surface area (Å²) in [5, 5.41) is 0. The first-order valence-corrected chi connectivity index (χ1v) is 11.0. The van der Waals surface area contributed by atoms with Crippen LogP contribution in [0.15, 0.2) is 18.2 Å². The Morgan fingerprint density at radius 2 is 1.37 bits per heavy atom. The monoisotopic (exact) mass is 278 g/mol. The number of hydrogen-bond donors (Lipinski definition) is 0. The Bertz CT molecular complexity index is 378. The molecule has 0 radical (unpaired) electrons. The van der Waals surface area contributed by atoms with Crippen LogP contribution in [-0.4, -0.2) is 8.32 Å². The Morgan fingerprint density at radius 3 is 1.68 bits per heavy atom. The van der Waals surface area contributed by atoms with Crippen LogP contribution in [0.1, 0.15) is 63.5 Å². The van der Waals surface area contributed by atoms with Gasteiger partial charge in [0.15, 0.2) is 0 Å². The average molecular weight is 279 g/mol. The highest BCUT2D eigenvalue weighted by Crippen LogP contribution is 2.38. The normalized spacial score (nSPS) is 15.1. The fraction of sp³-hybridized carbons (Fsp3) is 0.647. The summed E-state index contributed by atoms with van der Waals surface area (Å²) in [6.07, 6.45) is 2.32. The van der Waals surface area contributed by atoms with Crippen molar-refractivity contribution in [2.24, 2.45) is 0 Å². The van der Waals surface area contributed by atoms with E-state index in [9.17, 15) is 0 Å². The molecular formula is C17H30OSi. The maximum Gasteiger partial charge on any atom is 0.242 e. The number of benzene rings is 1. The molecule has 2 heteroatoms. The summed E-state index contributed by atoms with van der Waals surface area (Å²) in [6.45, 7) is 15.9. The van der Waals surface area contributed by atoms with Crippen LogP contribution >= 0.6 is 0 Å². The first kappa shape index (κ1) is 16.3. The summed E-state index contributed by atoms with van der Waals surface area (Å²) < 4.78 is 6.45. The minimum absolute atomic E-state index is 0.565. The van der Waals surface area contributed by atoms with E-state index >= 15 is 0 Å². The Balaban J connectivity index is 3.31. The van der Waals surface area contributed by atoms with E-state index in [0.717, 1.165) is 12.8 Å². The van der Waals surface area contributed by atoms with Gasteiger partial charge in [-0.25, -0.2) is 0 Å². The Hall–Kier alpha value is -0.763. The van der Waals surface area contributed by atoms with Crippen LogP contribution in [-0.2, 0) is 0 Å². The topological polar surface area (TPSA) is 9.23 Å². The van der Waals surface area contributed by atoms with Gasteiger partial charge in [-0.2, -0.15) is 0 Å². The molecule has 1 aromatic rings. The number of rotatable bonds is 6. The lowest BCUT2D eigenvalue weighted by molar-refractivity contribution is 0.521. The van der Waals surface area contributed by atoms with Crippen molar-refractivity contribution in [2.45, 2.75) is 72.0 Å². The van der Waals surface area contributed by atoms with Gasteiger partial charge in [-0.3, -0.25) is 0 Å². The van der Waals surface area contributed by atoms with E-state index in [0.29, 0.717) is 11.8 Å². The van der Waals surface area contributed by atoms with Gasteiger partial charge in [-0.05, 0) is 55.4 Å². The predicted octanol–water partition coefficient (Wildman–Crippen LogP) is 5.93. The maximum absolute atomic E-state index is 6.45. The molecule has 1 nitrogen and oxygen atoms in total. The second kappa shape index (κ2) is 6.60. The van der Waals surface area contributed by atoms with Crippen molar-refractivity contribution in [3.05, 3.63) is 29.3 Å². The quantitative estimate of drug-likeness (QED) is 0.586. The molecule has 19 heavy (non-hydrogen) atoms. The molecule has 0 spiro atoms. The Labute approximate surface area is 120 Å². The zero-order chi connectivity index (χ0) is 14.6. The first-order chi connectivity index (χ1) is 8.80. The third kappa shape index (κ3) is 4.38. The molecule has 2 atom stereocenters. The van der Waals surface area contributed by atoms with E-state index in [2.05, 4.69) is 65.5 Å². The van der Waals surface area contributed by atoms with Gasteiger partial charge in [0.25, 0.3) is 0 Å². The molecule has 0 aliphatic carbocycles. The van der Waals surface area contributed by atoms with Gasteiger partial charge in [-0.1, -0.05) is 45.9 Å². The SMILES string of the molecule is CCC(C)c1cccc(C(C)CC)c1O[Si](C)(C)C. The van der Waals surface area contributed by atoms with Crippen molar-refractivity contribution in [2.75, 3.05) is 0 Å². The molecule has 0 aliphatic rings. The molecule has 0 heterocycles. The fourth-order valence-electron chi connectivity index (χ4n) is 2.21. The van der Waals surface area contributed by atoms with Gasteiger partial charge in [0.2, 0.25) is 8.32 Å². The van der Waals surface area contributed by atoms with Crippen LogP contribution in [0.4, 0.5) is 0 Å². The van der Waals surface area contributed by atoms with Crippen LogP contribution in [0.3, 0.4) is 0 Å². The molecule has 0 fully saturated rings. The van der Waals surface area contributed by atoms with Gasteiger partial charge >= 0.3 is 0 Å². The fourth-order valence-corrected chi connectivity index (χ4v) is 3.06. The van der Waals surface area contributed by atoms with E-state index in [1.807, 2.05) is 0 Å². The summed E-state index contributed by atoms with van der Waals surface area (Å²) in [6, 6.07) is 6.69. The molecular weight excluding hydrogens is 248 g/mol. The van der Waals surface area contributed by atoms with Crippen molar-refractivity contribution < 1.29 is 4.43 Å². The molecule has 0 amide bonds. The summed E-state index contributed by atoms with van der Waals surface area (Å²) >= 11 is 0. The average Bonchev–Trinajstić information content (AvgIpc) is 2.35. The van der Waals surface area contributed by atoms with E-state index in [1.54, 1.807) is 0 Å². The molecule has 0 bridgehead atoms. The van der Waals surface area contributed by atoms with Gasteiger partial charge in [0, 0.05) is 0 Å². The largest absolute Gasteiger partial charge is 0.544 e. The molecule has 0 saturated carbocycles. The van der Waals surface area contributed by atoms with Crippen molar-refractivity contribution in [3.8, 4) is 5.75 Å². The van der Waals surface area contributed by atoms with E-state index in [1.165, 1.54) is 16.9 Å². The summed E-state index contributed by atoms with van der Waals surface area (Å²) in [5.74, 6) is 2.32. The lowest BCUT2D eigenvalue weighted by Crippen LogP contribution is -2.30. The zero-order valence-corrected chi connectivity index (χ0v) is 14.7. The zero-order valence-electron chi connectivity index (χ0n) is 13.7. The highest BCUT2D eigenvalue weighted by atomic mass is 28.4. The highest BCUT2D eigenvalue weighted by Gasteiger charge is 2.23. The molecule has 0 aromatic heterocycles. The van der Waals surface area contributed by atoms with Crippen molar-refractivity contribution in [3.63, 3.8) is 0 Å². The third-order valence-electron chi connectivity index (χ3n) is 3.77. The molecule has 0 aliphatic heterocycles. The van der Waals surface area contributed by atoms with Crippen molar-refractivity contribution in [1.29, 1.82) is 0 Å². The third-order valence-corrected chi connectivity index (χ3v) is 4.59. The van der Waals surface area contributed by atoms with Crippen molar-refractivity contribution >= 4 is 8.32 Å². The molecule has 2 unspecified atom stereocenters. The van der Waals surface area contributed by atoms with E-state index in [4.69, 9.17) is 4.43 Å². The predicted molar refractivity (Wildman–Crippen MR) is 87.8 cm³/mol. The second-order valence-corrected chi connectivity index (χ2v) is 11.0. The molecule has 0 N–H and O–H groups in total. The second-order valence-electron chi connectivity index (χ2n) is 6.60. The Kier molecular flexibility index (Phi) is 5.66. The minimum atomic E-state index is -1.58. The van der Waals surface area contributed by atoms with Gasteiger partial charge in [0.05, 0.1) is 0 Å². The molecule has 1 aromatic carbocycles. The lowest BCUT2D eigenvalue weighted by atomic mass is 9.90. The standard InChI is InChI=1S/C17H30OSi/c1-8-13(3)15-11-10-12-16(14(4)9-2)17(15)18-19(5,6)7/h10-14H,8-9H2,1-7H3. The molecule has 108 valence electrons. The molecule has 0 saturated heterocycles. The number of hydrogen-bond acceptors (Lipinski definition) is 1. The van der Waals surface area contributed by atoms with E-state index < -0.39 is 8.32 Å². The molecule has 1 rings (SSSR count). The van der Waals surface area contributed by atoms with Gasteiger partial charge in [0.1, 0.15) is 5.75 Å². The summed E-state index contributed by atoms with van der Waals surface area (Å²) in [4.78, 5) is 0. The summed E-state index contributed by atoms with van der Waals surface area (Å²) in [7, 11) is -1.58. The highest BCUT2D eigenvalue weighted by molar-refractivity contribution is 6.70. The maximum atomic E-state index is 6.45. The van der Waals surface area contributed by atoms with Crippen LogP contribution < -0.4 is 4.43 Å². The van der Waals surface area contributed by atoms with Gasteiger partial charge < -0.3 is 4.43 Å². The van der Waals surface area contributed by atoms with Crippen LogP contribution in [0, 0.1) is 0 Å². The number of para-hydroxylation sites is 1. The van der Waals surface area contributed by atoms with Crippen LogP contribution in [0.2, 0.25) is 19.6 Å². The summed E-state index contributed by atoms with van der Waals surface area (Å²) in [5.41, 5.74) is 2.78. The lowest BCUT2D eigenvalue weighted by Gasteiger charge is -2.28. The smallest absolute Gasteiger partial charge is 0.242 e. The van der Waals surface area contributed by atoms with E-state index in [-0.39, 0.29) is 0 Å². The van der Waals surface area contributed by atoms with Crippen LogP contribution in [0.25, 0.3) is 0 Å². The first-order valence-electron chi connectivity index (χ1n) is 7.62.